The predicted molar refractivity (Wildman–Crippen MR) is 89.8 cm³/mol. The number of ether oxygens (including phenoxy) is 2. The molecule has 0 aromatic carbocycles. The number of nitrogens with one attached hydrogen (secondary N) is 2. The van der Waals surface area contributed by atoms with Crippen molar-refractivity contribution < 1.29 is 28.7 Å². The maximum Gasteiger partial charge on any atom is 0.408 e. The summed E-state index contributed by atoms with van der Waals surface area (Å²) in [6.07, 6.45) is 2.53. The SMILES string of the molecule is CCOC(=O)C(NC(=O)CNC(=O)OC(C)(C)C)C(=O)C1CCCC1. The van der Waals surface area contributed by atoms with Crippen LogP contribution in [-0.4, -0.2) is 48.5 Å². The van der Waals surface area contributed by atoms with E-state index in [9.17, 15) is 19.2 Å². The van der Waals surface area contributed by atoms with Crippen molar-refractivity contribution in [2.45, 2.75) is 65.0 Å². The van der Waals surface area contributed by atoms with Gasteiger partial charge in [0.2, 0.25) is 5.91 Å². The number of Topliss-reactive ketones (excluding diaryl/α,β-unsaturated/α-hetero) is 1. The van der Waals surface area contributed by atoms with Crippen molar-refractivity contribution in [3.05, 3.63) is 0 Å². The lowest BCUT2D eigenvalue weighted by Gasteiger charge is -2.21. The summed E-state index contributed by atoms with van der Waals surface area (Å²) in [5, 5.41) is 4.65. The van der Waals surface area contributed by atoms with Gasteiger partial charge in [0.15, 0.2) is 11.8 Å². The highest BCUT2D eigenvalue weighted by Crippen LogP contribution is 2.26. The van der Waals surface area contributed by atoms with Gasteiger partial charge in [0.25, 0.3) is 0 Å². The average Bonchev–Trinajstić information content (AvgIpc) is 3.02. The number of carbonyl (C=O) groups excluding carboxylic acids is 4. The van der Waals surface area contributed by atoms with Crippen LogP contribution >= 0.6 is 0 Å². The molecule has 1 saturated carbocycles. The first-order valence-corrected chi connectivity index (χ1v) is 8.60. The molecule has 1 aliphatic rings. The number of alkyl carbamates (subject to hydrolysis) is 1. The molecule has 0 spiro atoms. The van der Waals surface area contributed by atoms with E-state index in [4.69, 9.17) is 9.47 Å². The summed E-state index contributed by atoms with van der Waals surface area (Å²) in [4.78, 5) is 48.1. The topological polar surface area (TPSA) is 111 Å². The lowest BCUT2D eigenvalue weighted by atomic mass is 9.96. The molecule has 0 aromatic heterocycles. The van der Waals surface area contributed by atoms with E-state index in [1.54, 1.807) is 27.7 Å². The fourth-order valence-electron chi connectivity index (χ4n) is 2.60. The van der Waals surface area contributed by atoms with Gasteiger partial charge in [-0.05, 0) is 40.5 Å². The Morgan fingerprint density at radius 2 is 1.72 bits per heavy atom. The van der Waals surface area contributed by atoms with Crippen LogP contribution in [0, 0.1) is 5.92 Å². The fraction of sp³-hybridized carbons (Fsp3) is 0.765. The third-order valence-corrected chi connectivity index (χ3v) is 3.66. The molecule has 142 valence electrons. The largest absolute Gasteiger partial charge is 0.464 e. The average molecular weight is 356 g/mol. The number of hydrogen-bond donors (Lipinski definition) is 2. The Morgan fingerprint density at radius 3 is 2.24 bits per heavy atom. The van der Waals surface area contributed by atoms with E-state index >= 15 is 0 Å². The van der Waals surface area contributed by atoms with Gasteiger partial charge in [-0.15, -0.1) is 0 Å². The van der Waals surface area contributed by atoms with Crippen LogP contribution in [0.15, 0.2) is 0 Å². The summed E-state index contributed by atoms with van der Waals surface area (Å²) in [5.41, 5.74) is -0.688. The fourth-order valence-corrected chi connectivity index (χ4v) is 2.60. The Kier molecular flexibility index (Phi) is 7.86. The molecule has 1 unspecified atom stereocenters. The van der Waals surface area contributed by atoms with Crippen LogP contribution in [0.2, 0.25) is 0 Å². The Balaban J connectivity index is 2.60. The first-order chi connectivity index (χ1) is 11.6. The number of esters is 1. The number of ketones is 1. The molecule has 2 N–H and O–H groups in total. The van der Waals surface area contributed by atoms with Gasteiger partial charge in [-0.25, -0.2) is 9.59 Å². The van der Waals surface area contributed by atoms with Crippen molar-refractivity contribution in [2.24, 2.45) is 5.92 Å². The molecule has 0 bridgehead atoms. The number of amides is 2. The molecule has 0 heterocycles. The molecule has 0 saturated heterocycles. The van der Waals surface area contributed by atoms with Gasteiger partial charge in [0, 0.05) is 5.92 Å². The Labute approximate surface area is 148 Å². The molecule has 1 rings (SSSR count). The van der Waals surface area contributed by atoms with Crippen LogP contribution in [0.3, 0.4) is 0 Å². The highest BCUT2D eigenvalue weighted by molar-refractivity contribution is 6.07. The van der Waals surface area contributed by atoms with Crippen molar-refractivity contribution in [1.82, 2.24) is 10.6 Å². The third-order valence-electron chi connectivity index (χ3n) is 3.66. The van der Waals surface area contributed by atoms with E-state index in [2.05, 4.69) is 10.6 Å². The van der Waals surface area contributed by atoms with Crippen molar-refractivity contribution in [2.75, 3.05) is 13.2 Å². The van der Waals surface area contributed by atoms with Crippen LogP contribution < -0.4 is 10.6 Å². The normalized spacial score (nSPS) is 16.0. The summed E-state index contributed by atoms with van der Waals surface area (Å²) >= 11 is 0. The minimum atomic E-state index is -1.34. The molecule has 1 atom stereocenters. The minimum absolute atomic E-state index is 0.110. The van der Waals surface area contributed by atoms with Gasteiger partial charge < -0.3 is 20.1 Å². The highest BCUT2D eigenvalue weighted by Gasteiger charge is 2.36. The standard InChI is InChI=1S/C17H28N2O6/c1-5-24-15(22)13(14(21)11-8-6-7-9-11)19-12(20)10-18-16(23)25-17(2,3)4/h11,13H,5-10H2,1-4H3,(H,18,23)(H,19,20). The Hall–Kier alpha value is -2.12. The van der Waals surface area contributed by atoms with Crippen LogP contribution in [0.1, 0.15) is 53.4 Å². The molecule has 0 aromatic rings. The van der Waals surface area contributed by atoms with Gasteiger partial charge in [-0.3, -0.25) is 9.59 Å². The molecule has 0 radical (unpaired) electrons. The van der Waals surface area contributed by atoms with Gasteiger partial charge in [0.05, 0.1) is 6.61 Å². The molecule has 0 aliphatic heterocycles. The van der Waals surface area contributed by atoms with Gasteiger partial charge in [0.1, 0.15) is 12.1 Å². The molecule has 1 fully saturated rings. The van der Waals surface area contributed by atoms with Crippen LogP contribution in [-0.2, 0) is 23.9 Å². The van der Waals surface area contributed by atoms with Crippen molar-refractivity contribution in [1.29, 1.82) is 0 Å². The van der Waals surface area contributed by atoms with Gasteiger partial charge in [-0.1, -0.05) is 12.8 Å². The lowest BCUT2D eigenvalue weighted by Crippen LogP contribution is -2.52. The quantitative estimate of drug-likeness (QED) is 0.526. The molecule has 25 heavy (non-hydrogen) atoms. The molecule has 8 nitrogen and oxygen atoms in total. The lowest BCUT2D eigenvalue weighted by molar-refractivity contribution is -0.151. The molecular weight excluding hydrogens is 328 g/mol. The summed E-state index contributed by atoms with van der Waals surface area (Å²) in [5.74, 6) is -2.00. The van der Waals surface area contributed by atoms with Crippen LogP contribution in [0.5, 0.6) is 0 Å². The van der Waals surface area contributed by atoms with E-state index in [0.717, 1.165) is 12.8 Å². The second-order valence-electron chi connectivity index (χ2n) is 6.99. The monoisotopic (exact) mass is 356 g/mol. The second kappa shape index (κ2) is 9.39. The molecule has 1 aliphatic carbocycles. The van der Waals surface area contributed by atoms with Gasteiger partial charge in [-0.2, -0.15) is 0 Å². The number of hydrogen-bond acceptors (Lipinski definition) is 6. The van der Waals surface area contributed by atoms with Crippen molar-refractivity contribution >= 4 is 23.8 Å². The first kappa shape index (κ1) is 20.9. The Bertz CT molecular complexity index is 506. The highest BCUT2D eigenvalue weighted by atomic mass is 16.6. The van der Waals surface area contributed by atoms with E-state index in [1.165, 1.54) is 0 Å². The van der Waals surface area contributed by atoms with Crippen molar-refractivity contribution in [3.8, 4) is 0 Å². The van der Waals surface area contributed by atoms with Crippen LogP contribution in [0.4, 0.5) is 4.79 Å². The zero-order chi connectivity index (χ0) is 19.0. The number of rotatable bonds is 7. The van der Waals surface area contributed by atoms with Gasteiger partial charge >= 0.3 is 12.1 Å². The zero-order valence-electron chi connectivity index (χ0n) is 15.3. The second-order valence-corrected chi connectivity index (χ2v) is 6.99. The van der Waals surface area contributed by atoms with E-state index in [-0.39, 0.29) is 18.3 Å². The van der Waals surface area contributed by atoms with Crippen LogP contribution in [0.25, 0.3) is 0 Å². The van der Waals surface area contributed by atoms with E-state index < -0.39 is 36.2 Å². The molecule has 8 heteroatoms. The van der Waals surface area contributed by atoms with Crippen molar-refractivity contribution in [3.63, 3.8) is 0 Å². The summed E-state index contributed by atoms with van der Waals surface area (Å²) in [7, 11) is 0. The predicted octanol–water partition coefficient (Wildman–Crippen LogP) is 1.32. The van der Waals surface area contributed by atoms with E-state index in [1.807, 2.05) is 0 Å². The minimum Gasteiger partial charge on any atom is -0.464 e. The molecule has 2 amide bonds. The Morgan fingerprint density at radius 1 is 1.12 bits per heavy atom. The number of carbonyl (C=O) groups is 4. The smallest absolute Gasteiger partial charge is 0.408 e. The first-order valence-electron chi connectivity index (χ1n) is 8.60. The zero-order valence-corrected chi connectivity index (χ0v) is 15.3. The summed E-state index contributed by atoms with van der Waals surface area (Å²) in [6, 6.07) is -1.34. The molecular formula is C17H28N2O6. The summed E-state index contributed by atoms with van der Waals surface area (Å²) < 4.78 is 9.91. The summed E-state index contributed by atoms with van der Waals surface area (Å²) in [6.45, 7) is 6.43. The maximum absolute atomic E-state index is 12.5. The maximum atomic E-state index is 12.5. The van der Waals surface area contributed by atoms with E-state index in [0.29, 0.717) is 12.8 Å². The third kappa shape index (κ3) is 7.53.